The van der Waals surface area contributed by atoms with Crippen molar-refractivity contribution in [3.8, 4) is 0 Å². The van der Waals surface area contributed by atoms with Crippen molar-refractivity contribution in [2.24, 2.45) is 0 Å². The molecule has 24 heavy (non-hydrogen) atoms. The van der Waals surface area contributed by atoms with Gasteiger partial charge in [0.2, 0.25) is 0 Å². The van der Waals surface area contributed by atoms with Crippen LogP contribution in [0.4, 0.5) is 5.82 Å². The molecule has 0 fully saturated rings. The van der Waals surface area contributed by atoms with Gasteiger partial charge in [-0.1, -0.05) is 66.7 Å². The summed E-state index contributed by atoms with van der Waals surface area (Å²) in [6.45, 7) is 10.6. The van der Waals surface area contributed by atoms with Crippen molar-refractivity contribution in [1.82, 2.24) is 4.98 Å². The van der Waals surface area contributed by atoms with Crippen LogP contribution in [-0.4, -0.2) is 10.5 Å². The fourth-order valence-electron chi connectivity index (χ4n) is 2.68. The number of fused-ring (bicyclic) bond motifs is 1. The Kier molecular flexibility index (Phi) is 4.33. The molecule has 0 aliphatic carbocycles. The van der Waals surface area contributed by atoms with E-state index in [2.05, 4.69) is 32.7 Å². The van der Waals surface area contributed by atoms with Gasteiger partial charge in [-0.15, -0.1) is 0 Å². The van der Waals surface area contributed by atoms with E-state index in [0.29, 0.717) is 5.02 Å². The second kappa shape index (κ2) is 6.29. The van der Waals surface area contributed by atoms with E-state index in [1.165, 1.54) is 0 Å². The zero-order valence-electron chi connectivity index (χ0n) is 14.2. The van der Waals surface area contributed by atoms with Gasteiger partial charge in [0, 0.05) is 16.5 Å². The number of anilines is 1. The molecule has 3 rings (SSSR count). The van der Waals surface area contributed by atoms with Gasteiger partial charge in [-0.25, -0.2) is 4.98 Å². The highest BCUT2D eigenvalue weighted by Crippen LogP contribution is 2.38. The second-order valence-corrected chi connectivity index (χ2v) is 7.26. The van der Waals surface area contributed by atoms with Crippen molar-refractivity contribution in [2.45, 2.75) is 26.3 Å². The van der Waals surface area contributed by atoms with Crippen LogP contribution in [0.3, 0.4) is 0 Å². The average Bonchev–Trinajstić information content (AvgIpc) is 2.54. The molecule has 0 saturated heterocycles. The number of para-hydroxylation sites is 1. The number of hydrogen-bond donors (Lipinski definition) is 1. The SMILES string of the molecule is C=C(c1ccccc1)c1c(NC(C)(C)C)nc2ccccc2c1Cl. The molecule has 2 nitrogen and oxygen atoms in total. The summed E-state index contributed by atoms with van der Waals surface area (Å²) in [6.07, 6.45) is 0. The van der Waals surface area contributed by atoms with Crippen molar-refractivity contribution < 1.29 is 0 Å². The molecule has 0 aliphatic rings. The molecule has 0 saturated carbocycles. The lowest BCUT2D eigenvalue weighted by molar-refractivity contribution is 0.630. The number of rotatable bonds is 3. The minimum atomic E-state index is -0.134. The summed E-state index contributed by atoms with van der Waals surface area (Å²) in [5, 5.41) is 5.09. The Morgan fingerprint density at radius 1 is 1.00 bits per heavy atom. The Morgan fingerprint density at radius 2 is 1.62 bits per heavy atom. The van der Waals surface area contributed by atoms with Gasteiger partial charge in [-0.3, -0.25) is 0 Å². The van der Waals surface area contributed by atoms with Crippen molar-refractivity contribution in [2.75, 3.05) is 5.32 Å². The van der Waals surface area contributed by atoms with Crippen LogP contribution in [0.2, 0.25) is 5.02 Å². The summed E-state index contributed by atoms with van der Waals surface area (Å²) < 4.78 is 0. The molecule has 0 amide bonds. The normalized spacial score (nSPS) is 11.5. The Morgan fingerprint density at radius 3 is 2.29 bits per heavy atom. The third-order valence-corrected chi connectivity index (χ3v) is 4.14. The van der Waals surface area contributed by atoms with Crippen LogP contribution in [0.15, 0.2) is 61.2 Å². The fraction of sp³-hybridized carbons (Fsp3) is 0.190. The van der Waals surface area contributed by atoms with Gasteiger partial charge in [0.25, 0.3) is 0 Å². The van der Waals surface area contributed by atoms with Crippen LogP contribution < -0.4 is 5.32 Å². The van der Waals surface area contributed by atoms with Crippen molar-refractivity contribution >= 4 is 33.9 Å². The predicted molar refractivity (Wildman–Crippen MR) is 105 cm³/mol. The number of hydrogen-bond acceptors (Lipinski definition) is 2. The van der Waals surface area contributed by atoms with Gasteiger partial charge < -0.3 is 5.32 Å². The number of pyridine rings is 1. The van der Waals surface area contributed by atoms with E-state index in [-0.39, 0.29) is 5.54 Å². The third-order valence-electron chi connectivity index (χ3n) is 3.75. The Bertz CT molecular complexity index is 893. The first-order valence-electron chi connectivity index (χ1n) is 7.98. The molecule has 0 aliphatic heterocycles. The molecule has 0 spiro atoms. The van der Waals surface area contributed by atoms with Crippen LogP contribution in [0.1, 0.15) is 31.9 Å². The van der Waals surface area contributed by atoms with Gasteiger partial charge in [0.1, 0.15) is 5.82 Å². The maximum atomic E-state index is 6.78. The molecule has 0 bridgehead atoms. The van der Waals surface area contributed by atoms with E-state index in [9.17, 15) is 0 Å². The topological polar surface area (TPSA) is 24.9 Å². The third kappa shape index (κ3) is 3.29. The Balaban J connectivity index is 2.25. The lowest BCUT2D eigenvalue weighted by Crippen LogP contribution is -2.27. The standard InChI is InChI=1S/C21H21ClN2/c1-14(15-10-6-5-7-11-15)18-19(22)16-12-8-9-13-17(16)23-20(18)24-21(2,3)4/h5-13H,1H2,2-4H3,(H,23,24). The van der Waals surface area contributed by atoms with Crippen LogP contribution in [0, 0.1) is 0 Å². The second-order valence-electron chi connectivity index (χ2n) is 6.89. The summed E-state index contributed by atoms with van der Waals surface area (Å²) in [5.41, 5.74) is 3.50. The van der Waals surface area contributed by atoms with Crippen LogP contribution in [-0.2, 0) is 0 Å². The van der Waals surface area contributed by atoms with E-state index in [1.807, 2.05) is 54.6 Å². The van der Waals surface area contributed by atoms with Gasteiger partial charge in [0.05, 0.1) is 10.5 Å². The van der Waals surface area contributed by atoms with E-state index in [1.54, 1.807) is 0 Å². The van der Waals surface area contributed by atoms with Crippen LogP contribution >= 0.6 is 11.6 Å². The highest BCUT2D eigenvalue weighted by molar-refractivity contribution is 6.37. The Hall–Kier alpha value is -2.32. The maximum absolute atomic E-state index is 6.78. The maximum Gasteiger partial charge on any atom is 0.136 e. The summed E-state index contributed by atoms with van der Waals surface area (Å²) in [6, 6.07) is 18.0. The molecule has 0 atom stereocenters. The smallest absolute Gasteiger partial charge is 0.136 e. The fourth-order valence-corrected chi connectivity index (χ4v) is 3.04. The van der Waals surface area contributed by atoms with Gasteiger partial charge in [-0.2, -0.15) is 0 Å². The minimum Gasteiger partial charge on any atom is -0.365 e. The number of halogens is 1. The van der Waals surface area contributed by atoms with E-state index >= 15 is 0 Å². The first-order chi connectivity index (χ1) is 11.4. The van der Waals surface area contributed by atoms with Gasteiger partial charge >= 0.3 is 0 Å². The highest BCUT2D eigenvalue weighted by Gasteiger charge is 2.20. The molecule has 122 valence electrons. The number of aromatic nitrogens is 1. The van der Waals surface area contributed by atoms with Gasteiger partial charge in [-0.05, 0) is 38.0 Å². The molecular formula is C21H21ClN2. The number of nitrogens with zero attached hydrogens (tertiary/aromatic N) is 1. The quantitative estimate of drug-likeness (QED) is 0.619. The zero-order chi connectivity index (χ0) is 17.3. The first kappa shape index (κ1) is 16.5. The molecule has 0 radical (unpaired) electrons. The molecule has 1 N–H and O–H groups in total. The monoisotopic (exact) mass is 336 g/mol. The molecule has 3 aromatic rings. The molecule has 0 unspecified atom stereocenters. The largest absolute Gasteiger partial charge is 0.365 e. The summed E-state index contributed by atoms with van der Waals surface area (Å²) in [4.78, 5) is 4.81. The molecule has 2 aromatic carbocycles. The lowest BCUT2D eigenvalue weighted by atomic mass is 9.97. The molecular weight excluding hydrogens is 316 g/mol. The number of benzene rings is 2. The summed E-state index contributed by atoms with van der Waals surface area (Å²) in [5.74, 6) is 0.764. The number of nitrogens with one attached hydrogen (secondary N) is 1. The lowest BCUT2D eigenvalue weighted by Gasteiger charge is -2.25. The van der Waals surface area contributed by atoms with Crippen molar-refractivity contribution in [3.05, 3.63) is 77.3 Å². The first-order valence-corrected chi connectivity index (χ1v) is 8.36. The molecule has 1 heterocycles. The predicted octanol–water partition coefficient (Wildman–Crippen LogP) is 6.16. The highest BCUT2D eigenvalue weighted by atomic mass is 35.5. The molecule has 1 aromatic heterocycles. The van der Waals surface area contributed by atoms with Crippen molar-refractivity contribution in [3.63, 3.8) is 0 Å². The van der Waals surface area contributed by atoms with Gasteiger partial charge in [0.15, 0.2) is 0 Å². The van der Waals surface area contributed by atoms with E-state index in [0.717, 1.165) is 33.4 Å². The summed E-state index contributed by atoms with van der Waals surface area (Å²) in [7, 11) is 0. The summed E-state index contributed by atoms with van der Waals surface area (Å²) >= 11 is 6.78. The molecule has 3 heteroatoms. The van der Waals surface area contributed by atoms with Crippen molar-refractivity contribution in [1.29, 1.82) is 0 Å². The van der Waals surface area contributed by atoms with Crippen LogP contribution in [0.5, 0.6) is 0 Å². The Labute approximate surface area is 148 Å². The van der Waals surface area contributed by atoms with E-state index < -0.39 is 0 Å². The average molecular weight is 337 g/mol. The van der Waals surface area contributed by atoms with Crippen LogP contribution in [0.25, 0.3) is 16.5 Å². The zero-order valence-corrected chi connectivity index (χ0v) is 15.0. The van der Waals surface area contributed by atoms with E-state index in [4.69, 9.17) is 16.6 Å². The minimum absolute atomic E-state index is 0.134.